The van der Waals surface area contributed by atoms with Crippen molar-refractivity contribution in [2.75, 3.05) is 19.6 Å². The number of rotatable bonds is 6. The second-order valence-electron chi connectivity index (χ2n) is 4.69. The van der Waals surface area contributed by atoms with E-state index >= 15 is 0 Å². The zero-order chi connectivity index (χ0) is 11.4. The summed E-state index contributed by atoms with van der Waals surface area (Å²) in [6.45, 7) is 11.1. The molecule has 1 aromatic rings. The summed E-state index contributed by atoms with van der Waals surface area (Å²) in [5.74, 6) is 0. The van der Waals surface area contributed by atoms with Gasteiger partial charge in [-0.1, -0.05) is 43.5 Å². The van der Waals surface area contributed by atoms with Crippen LogP contribution in [0.2, 0.25) is 0 Å². The van der Waals surface area contributed by atoms with Crippen LogP contribution in [0.15, 0.2) is 55.6 Å². The molecule has 1 aliphatic heterocycles. The van der Waals surface area contributed by atoms with Crippen molar-refractivity contribution in [3.8, 4) is 0 Å². The Morgan fingerprint density at radius 2 is 1.71 bits per heavy atom. The molecule has 0 aliphatic carbocycles. The van der Waals surface area contributed by atoms with E-state index in [1.165, 1.54) is 18.5 Å². The van der Waals surface area contributed by atoms with Crippen LogP contribution in [0.5, 0.6) is 0 Å². The van der Waals surface area contributed by atoms with Gasteiger partial charge in [-0.25, -0.2) is 0 Å². The molecular weight excluding hydrogens is 274 g/mol. The third kappa shape index (κ3) is 3.30. The van der Waals surface area contributed by atoms with Crippen LogP contribution in [0.4, 0.5) is 0 Å². The first-order chi connectivity index (χ1) is 7.80. The molecule has 1 atom stereocenters. The Balaban J connectivity index is 0.00000144. The lowest BCUT2D eigenvalue weighted by Crippen LogP contribution is -3.00. The monoisotopic (exact) mass is 293 g/mol. The molecule has 0 radical (unpaired) electrons. The Labute approximate surface area is 115 Å². The molecule has 0 bridgehead atoms. The summed E-state index contributed by atoms with van der Waals surface area (Å²) in [7, 11) is 0. The zero-order valence-electron chi connectivity index (χ0n) is 10.2. The maximum atomic E-state index is 3.86. The first-order valence-electron chi connectivity index (χ1n) is 5.92. The van der Waals surface area contributed by atoms with Crippen molar-refractivity contribution in [1.29, 1.82) is 0 Å². The van der Waals surface area contributed by atoms with Gasteiger partial charge in [0.15, 0.2) is 0 Å². The van der Waals surface area contributed by atoms with E-state index in [2.05, 4.69) is 43.5 Å². The molecule has 1 heterocycles. The summed E-state index contributed by atoms with van der Waals surface area (Å²) in [5.41, 5.74) is 1.45. The second kappa shape index (κ2) is 6.18. The number of nitrogens with zero attached hydrogens (tertiary/aromatic N) is 1. The van der Waals surface area contributed by atoms with Crippen molar-refractivity contribution >= 4 is 0 Å². The average molecular weight is 294 g/mol. The van der Waals surface area contributed by atoms with Gasteiger partial charge in [0.05, 0.1) is 13.1 Å². The second-order valence-corrected chi connectivity index (χ2v) is 4.69. The summed E-state index contributed by atoms with van der Waals surface area (Å²) in [6.07, 6.45) is 5.26. The Bertz CT molecular complexity index is 362. The highest BCUT2D eigenvalue weighted by molar-refractivity contribution is 5.16. The molecule has 1 unspecified atom stereocenters. The van der Waals surface area contributed by atoms with Crippen molar-refractivity contribution < 1.29 is 21.5 Å². The van der Waals surface area contributed by atoms with Gasteiger partial charge in [0, 0.05) is 6.42 Å². The fraction of sp³-hybridized carbons (Fsp3) is 0.333. The summed E-state index contributed by atoms with van der Waals surface area (Å²) in [4.78, 5) is 0. The van der Waals surface area contributed by atoms with Gasteiger partial charge in [0.2, 0.25) is 0 Å². The van der Waals surface area contributed by atoms with Gasteiger partial charge in [-0.3, -0.25) is 0 Å². The van der Waals surface area contributed by atoms with Crippen LogP contribution in [0, 0.1) is 0 Å². The summed E-state index contributed by atoms with van der Waals surface area (Å²) < 4.78 is 1.15. The molecule has 2 heteroatoms. The molecule has 1 nitrogen and oxygen atoms in total. The standard InChI is InChI=1S/C15H20N.BrH/c1-3-10-16(11-4-2)13-15(16)12-14-8-6-5-7-9-14;/h3-9,15H,1-2,10-13H2;1H/q+1;/p-1. The largest absolute Gasteiger partial charge is 1.00 e. The molecule has 17 heavy (non-hydrogen) atoms. The highest BCUT2D eigenvalue weighted by atomic mass is 79.9. The normalized spacial score (nSPS) is 20.1. The van der Waals surface area contributed by atoms with Gasteiger partial charge in [0.25, 0.3) is 0 Å². The minimum absolute atomic E-state index is 0. The van der Waals surface area contributed by atoms with E-state index in [9.17, 15) is 0 Å². The fourth-order valence-corrected chi connectivity index (χ4v) is 2.55. The smallest absolute Gasteiger partial charge is 0.143 e. The van der Waals surface area contributed by atoms with E-state index in [0.29, 0.717) is 0 Å². The maximum absolute atomic E-state index is 3.86. The first kappa shape index (κ1) is 14.2. The number of quaternary nitrogens is 1. The van der Waals surface area contributed by atoms with Gasteiger partial charge in [-0.15, -0.1) is 0 Å². The molecule has 1 fully saturated rings. The number of benzene rings is 1. The highest BCUT2D eigenvalue weighted by Crippen LogP contribution is 2.33. The molecule has 2 rings (SSSR count). The Hall–Kier alpha value is -0.860. The fourth-order valence-electron chi connectivity index (χ4n) is 2.55. The van der Waals surface area contributed by atoms with E-state index in [1.54, 1.807) is 0 Å². The van der Waals surface area contributed by atoms with Crippen molar-refractivity contribution in [3.05, 3.63) is 61.2 Å². The quantitative estimate of drug-likeness (QED) is 0.387. The van der Waals surface area contributed by atoms with Crippen LogP contribution in [-0.4, -0.2) is 30.2 Å². The molecule has 1 saturated heterocycles. The SMILES string of the molecule is C=CC[N+]1(CC=C)CC1Cc1ccccc1.[Br-]. The molecule has 0 saturated carbocycles. The predicted molar refractivity (Wildman–Crippen MR) is 69.2 cm³/mol. The van der Waals surface area contributed by atoms with Crippen LogP contribution in [0.25, 0.3) is 0 Å². The van der Waals surface area contributed by atoms with E-state index < -0.39 is 0 Å². The van der Waals surface area contributed by atoms with E-state index in [1.807, 2.05) is 12.2 Å². The van der Waals surface area contributed by atoms with E-state index in [-0.39, 0.29) is 17.0 Å². The first-order valence-corrected chi connectivity index (χ1v) is 5.92. The summed E-state index contributed by atoms with van der Waals surface area (Å²) >= 11 is 0. The van der Waals surface area contributed by atoms with E-state index in [4.69, 9.17) is 0 Å². The summed E-state index contributed by atoms with van der Waals surface area (Å²) in [6, 6.07) is 11.5. The van der Waals surface area contributed by atoms with E-state index in [0.717, 1.165) is 23.6 Å². The lowest BCUT2D eigenvalue weighted by Gasteiger charge is -2.16. The van der Waals surface area contributed by atoms with Gasteiger partial charge < -0.3 is 21.5 Å². The van der Waals surface area contributed by atoms with Crippen LogP contribution >= 0.6 is 0 Å². The minimum Gasteiger partial charge on any atom is -1.00 e. The minimum atomic E-state index is 0. The lowest BCUT2D eigenvalue weighted by atomic mass is 10.1. The van der Waals surface area contributed by atoms with Crippen LogP contribution in [-0.2, 0) is 6.42 Å². The molecule has 1 aromatic carbocycles. The third-order valence-electron chi connectivity index (χ3n) is 3.51. The topological polar surface area (TPSA) is 0 Å². The number of hydrogen-bond acceptors (Lipinski definition) is 0. The predicted octanol–water partition coefficient (Wildman–Crippen LogP) is -0.196. The molecule has 0 N–H and O–H groups in total. The molecular formula is C15H20BrN. The lowest BCUT2D eigenvalue weighted by molar-refractivity contribution is -0.800. The van der Waals surface area contributed by atoms with Crippen molar-refractivity contribution in [3.63, 3.8) is 0 Å². The van der Waals surface area contributed by atoms with Gasteiger partial charge in [-0.05, 0) is 17.7 Å². The Morgan fingerprint density at radius 1 is 1.12 bits per heavy atom. The average Bonchev–Trinajstić information content (AvgIpc) is 2.93. The molecule has 0 spiro atoms. The maximum Gasteiger partial charge on any atom is 0.143 e. The number of halogens is 1. The molecule has 0 amide bonds. The molecule has 92 valence electrons. The van der Waals surface area contributed by atoms with Crippen molar-refractivity contribution in [2.45, 2.75) is 12.5 Å². The van der Waals surface area contributed by atoms with Crippen molar-refractivity contribution in [1.82, 2.24) is 0 Å². The molecule has 0 aromatic heterocycles. The Morgan fingerprint density at radius 3 is 2.24 bits per heavy atom. The zero-order valence-corrected chi connectivity index (χ0v) is 11.8. The van der Waals surface area contributed by atoms with Gasteiger partial charge in [-0.2, -0.15) is 0 Å². The van der Waals surface area contributed by atoms with Gasteiger partial charge in [0.1, 0.15) is 12.6 Å². The third-order valence-corrected chi connectivity index (χ3v) is 3.51. The van der Waals surface area contributed by atoms with Crippen LogP contribution < -0.4 is 17.0 Å². The van der Waals surface area contributed by atoms with Crippen LogP contribution in [0.3, 0.4) is 0 Å². The number of hydrogen-bond donors (Lipinski definition) is 0. The van der Waals surface area contributed by atoms with Gasteiger partial charge >= 0.3 is 0 Å². The molecule has 1 aliphatic rings. The Kier molecular flexibility index (Phi) is 5.16. The highest BCUT2D eigenvalue weighted by Gasteiger charge is 2.52. The van der Waals surface area contributed by atoms with Crippen LogP contribution in [0.1, 0.15) is 5.56 Å². The summed E-state index contributed by atoms with van der Waals surface area (Å²) in [5, 5.41) is 0. The van der Waals surface area contributed by atoms with Crippen molar-refractivity contribution in [2.24, 2.45) is 0 Å².